The number of aromatic nitrogens is 1. The van der Waals surface area contributed by atoms with Crippen molar-refractivity contribution in [3.63, 3.8) is 0 Å². The average Bonchev–Trinajstić information content (AvgIpc) is 3.24. The van der Waals surface area contributed by atoms with E-state index in [4.69, 9.17) is 4.74 Å². The molecule has 4 rings (SSSR count). The van der Waals surface area contributed by atoms with E-state index in [1.807, 2.05) is 6.20 Å². The second kappa shape index (κ2) is 6.79. The molecule has 0 spiro atoms. The SMILES string of the molecule is c1ccc([C@H]2OCC[C@@H]2CNCc2cnc3ccsc3c2)cc1. The minimum Gasteiger partial charge on any atom is -0.373 e. The number of nitrogens with zero attached hydrogens (tertiary/aromatic N) is 1. The summed E-state index contributed by atoms with van der Waals surface area (Å²) in [6.07, 6.45) is 3.32. The van der Waals surface area contributed by atoms with Crippen LogP contribution in [0.25, 0.3) is 10.2 Å². The Morgan fingerprint density at radius 2 is 2.13 bits per heavy atom. The minimum atomic E-state index is 0.224. The molecule has 2 atom stereocenters. The molecule has 1 aromatic carbocycles. The van der Waals surface area contributed by atoms with Gasteiger partial charge in [0.1, 0.15) is 0 Å². The summed E-state index contributed by atoms with van der Waals surface area (Å²) in [6, 6.07) is 14.9. The molecule has 0 aliphatic carbocycles. The molecule has 1 aliphatic rings. The summed E-state index contributed by atoms with van der Waals surface area (Å²) < 4.78 is 7.21. The molecule has 0 saturated carbocycles. The lowest BCUT2D eigenvalue weighted by atomic mass is 9.95. The van der Waals surface area contributed by atoms with Crippen molar-refractivity contribution in [1.82, 2.24) is 10.3 Å². The van der Waals surface area contributed by atoms with Crippen LogP contribution >= 0.6 is 11.3 Å². The number of hydrogen-bond donors (Lipinski definition) is 1. The molecule has 1 saturated heterocycles. The molecule has 4 heteroatoms. The predicted molar refractivity (Wildman–Crippen MR) is 94.6 cm³/mol. The fourth-order valence-corrected chi connectivity index (χ4v) is 4.04. The van der Waals surface area contributed by atoms with Gasteiger partial charge in [0.15, 0.2) is 0 Å². The number of fused-ring (bicyclic) bond motifs is 1. The Balaban J connectivity index is 1.36. The van der Waals surface area contributed by atoms with Crippen LogP contribution in [0.3, 0.4) is 0 Å². The molecule has 1 fully saturated rings. The average molecular weight is 324 g/mol. The highest BCUT2D eigenvalue weighted by molar-refractivity contribution is 7.17. The van der Waals surface area contributed by atoms with Crippen LogP contribution in [0.1, 0.15) is 23.7 Å². The first kappa shape index (κ1) is 14.8. The fourth-order valence-electron chi connectivity index (χ4n) is 3.24. The summed E-state index contributed by atoms with van der Waals surface area (Å²) in [4.78, 5) is 4.50. The van der Waals surface area contributed by atoms with E-state index >= 15 is 0 Å². The molecule has 1 N–H and O–H groups in total. The molecular weight excluding hydrogens is 304 g/mol. The molecule has 3 heterocycles. The zero-order valence-electron chi connectivity index (χ0n) is 12.9. The number of ether oxygens (including phenoxy) is 1. The molecule has 3 aromatic rings. The lowest BCUT2D eigenvalue weighted by molar-refractivity contribution is 0.0904. The molecule has 0 bridgehead atoms. The summed E-state index contributed by atoms with van der Waals surface area (Å²) in [6.45, 7) is 2.69. The Hall–Kier alpha value is -1.75. The zero-order valence-corrected chi connectivity index (χ0v) is 13.8. The van der Waals surface area contributed by atoms with Crippen LogP contribution in [0, 0.1) is 5.92 Å². The van der Waals surface area contributed by atoms with E-state index in [2.05, 4.69) is 58.1 Å². The zero-order chi connectivity index (χ0) is 15.5. The van der Waals surface area contributed by atoms with Crippen LogP contribution < -0.4 is 5.32 Å². The summed E-state index contributed by atoms with van der Waals surface area (Å²) >= 11 is 1.75. The molecule has 0 amide bonds. The molecular formula is C19H20N2OS. The van der Waals surface area contributed by atoms with Crippen molar-refractivity contribution in [2.45, 2.75) is 19.1 Å². The molecule has 0 radical (unpaired) electrons. The van der Waals surface area contributed by atoms with Crippen molar-refractivity contribution in [3.05, 3.63) is 65.2 Å². The van der Waals surface area contributed by atoms with Crippen molar-refractivity contribution >= 4 is 21.6 Å². The second-order valence-electron chi connectivity index (χ2n) is 6.03. The van der Waals surface area contributed by atoms with Gasteiger partial charge in [0, 0.05) is 31.8 Å². The maximum Gasteiger partial charge on any atom is 0.0866 e. The van der Waals surface area contributed by atoms with Crippen molar-refractivity contribution in [2.75, 3.05) is 13.2 Å². The van der Waals surface area contributed by atoms with Gasteiger partial charge in [-0.1, -0.05) is 30.3 Å². The maximum absolute atomic E-state index is 5.95. The summed E-state index contributed by atoms with van der Waals surface area (Å²) in [5.74, 6) is 0.538. The van der Waals surface area contributed by atoms with Gasteiger partial charge in [-0.3, -0.25) is 4.98 Å². The third kappa shape index (κ3) is 3.29. The van der Waals surface area contributed by atoms with Crippen LogP contribution in [0.15, 0.2) is 54.0 Å². The van der Waals surface area contributed by atoms with Gasteiger partial charge in [0.05, 0.1) is 16.3 Å². The van der Waals surface area contributed by atoms with E-state index in [1.54, 1.807) is 11.3 Å². The molecule has 23 heavy (non-hydrogen) atoms. The first-order valence-corrected chi connectivity index (χ1v) is 8.97. The molecule has 2 aromatic heterocycles. The highest BCUT2D eigenvalue weighted by Gasteiger charge is 2.28. The number of hydrogen-bond acceptors (Lipinski definition) is 4. The number of rotatable bonds is 5. The first-order chi connectivity index (χ1) is 11.4. The topological polar surface area (TPSA) is 34.1 Å². The van der Waals surface area contributed by atoms with Gasteiger partial charge in [-0.15, -0.1) is 11.3 Å². The van der Waals surface area contributed by atoms with Gasteiger partial charge in [0.25, 0.3) is 0 Å². The minimum absolute atomic E-state index is 0.224. The smallest absolute Gasteiger partial charge is 0.0866 e. The molecule has 3 nitrogen and oxygen atoms in total. The van der Waals surface area contributed by atoms with Gasteiger partial charge < -0.3 is 10.1 Å². The third-order valence-corrected chi connectivity index (χ3v) is 5.29. The second-order valence-corrected chi connectivity index (χ2v) is 6.98. The first-order valence-electron chi connectivity index (χ1n) is 8.09. The van der Waals surface area contributed by atoms with Gasteiger partial charge >= 0.3 is 0 Å². The highest BCUT2D eigenvalue weighted by Crippen LogP contribution is 2.33. The van der Waals surface area contributed by atoms with Crippen molar-refractivity contribution in [2.24, 2.45) is 5.92 Å². The Morgan fingerprint density at radius 3 is 3.04 bits per heavy atom. The van der Waals surface area contributed by atoms with Gasteiger partial charge in [-0.25, -0.2) is 0 Å². The van der Waals surface area contributed by atoms with Gasteiger partial charge in [-0.2, -0.15) is 0 Å². The largest absolute Gasteiger partial charge is 0.373 e. The molecule has 118 valence electrons. The number of thiophene rings is 1. The number of nitrogens with one attached hydrogen (secondary N) is 1. The lowest BCUT2D eigenvalue weighted by Crippen LogP contribution is -2.24. The van der Waals surface area contributed by atoms with Gasteiger partial charge in [0.2, 0.25) is 0 Å². The van der Waals surface area contributed by atoms with Crippen LogP contribution in [-0.4, -0.2) is 18.1 Å². The molecule has 1 aliphatic heterocycles. The van der Waals surface area contributed by atoms with Crippen molar-refractivity contribution < 1.29 is 4.74 Å². The van der Waals surface area contributed by atoms with Crippen LogP contribution in [0.4, 0.5) is 0 Å². The lowest BCUT2D eigenvalue weighted by Gasteiger charge is -2.19. The van der Waals surface area contributed by atoms with E-state index in [0.29, 0.717) is 5.92 Å². The van der Waals surface area contributed by atoms with E-state index in [9.17, 15) is 0 Å². The van der Waals surface area contributed by atoms with Crippen LogP contribution in [0.2, 0.25) is 0 Å². The quantitative estimate of drug-likeness (QED) is 0.765. The van der Waals surface area contributed by atoms with Crippen LogP contribution in [-0.2, 0) is 11.3 Å². The van der Waals surface area contributed by atoms with E-state index in [1.165, 1.54) is 15.8 Å². The van der Waals surface area contributed by atoms with E-state index in [-0.39, 0.29) is 6.10 Å². The Kier molecular flexibility index (Phi) is 4.37. The standard InChI is InChI=1S/C19H20N2OS/c1-2-4-15(5-3-1)19-16(6-8-22-19)13-20-11-14-10-18-17(21-12-14)7-9-23-18/h1-5,7,9-10,12,16,19-20H,6,8,11,13H2/t16-,19-/m1/s1. The van der Waals surface area contributed by atoms with Crippen molar-refractivity contribution in [1.29, 1.82) is 0 Å². The van der Waals surface area contributed by atoms with Gasteiger partial charge in [-0.05, 0) is 35.1 Å². The molecule has 0 unspecified atom stereocenters. The van der Waals surface area contributed by atoms with Crippen molar-refractivity contribution in [3.8, 4) is 0 Å². The summed E-state index contributed by atoms with van der Waals surface area (Å²) in [7, 11) is 0. The monoisotopic (exact) mass is 324 g/mol. The van der Waals surface area contributed by atoms with E-state index < -0.39 is 0 Å². The highest BCUT2D eigenvalue weighted by atomic mass is 32.1. The Morgan fingerprint density at radius 1 is 1.22 bits per heavy atom. The fraction of sp³-hybridized carbons (Fsp3) is 0.316. The normalized spacial score (nSPS) is 21.0. The third-order valence-electron chi connectivity index (χ3n) is 4.44. The van der Waals surface area contributed by atoms with Crippen LogP contribution in [0.5, 0.6) is 0 Å². The predicted octanol–water partition coefficient (Wildman–Crippen LogP) is 4.16. The summed E-state index contributed by atoms with van der Waals surface area (Å²) in [5, 5.41) is 5.68. The Labute approximate surface area is 140 Å². The number of benzene rings is 1. The van der Waals surface area contributed by atoms with E-state index in [0.717, 1.165) is 31.6 Å². The number of pyridine rings is 1. The summed E-state index contributed by atoms with van der Waals surface area (Å²) in [5.41, 5.74) is 3.63. The maximum atomic E-state index is 5.95. The Bertz CT molecular complexity index is 771.